The third-order valence-electron chi connectivity index (χ3n) is 2.12. The van der Waals surface area contributed by atoms with Crippen LogP contribution in [-0.4, -0.2) is 19.5 Å². The number of carboxylic acids is 1. The number of sulfonamides is 1. The van der Waals surface area contributed by atoms with Gasteiger partial charge < -0.3 is 9.52 Å². The van der Waals surface area contributed by atoms with Crippen LogP contribution < -0.4 is 4.72 Å². The minimum atomic E-state index is -3.85. The van der Waals surface area contributed by atoms with Gasteiger partial charge in [-0.2, -0.15) is 0 Å². The molecular formula is C10H8BrNO5S2. The van der Waals surface area contributed by atoms with Crippen molar-refractivity contribution < 1.29 is 22.7 Å². The van der Waals surface area contributed by atoms with Gasteiger partial charge in [-0.15, -0.1) is 11.3 Å². The van der Waals surface area contributed by atoms with Gasteiger partial charge in [-0.25, -0.2) is 17.9 Å². The monoisotopic (exact) mass is 365 g/mol. The van der Waals surface area contributed by atoms with Gasteiger partial charge in [-0.1, -0.05) is 0 Å². The Morgan fingerprint density at radius 3 is 2.74 bits per heavy atom. The molecule has 2 rings (SSSR count). The van der Waals surface area contributed by atoms with Crippen molar-refractivity contribution in [2.75, 3.05) is 0 Å². The standard InChI is InChI=1S/C10H8BrNO5S2/c11-6-3-7(18-5-6)4-12-19(15,16)9-2-1-8(17-9)10(13)14/h1-3,5,12H,4H2,(H,13,14). The maximum atomic E-state index is 11.8. The molecule has 0 spiro atoms. The lowest BCUT2D eigenvalue weighted by molar-refractivity contribution is 0.0656. The number of carbonyl (C=O) groups is 1. The highest BCUT2D eigenvalue weighted by molar-refractivity contribution is 9.10. The fourth-order valence-corrected chi connectivity index (χ4v) is 3.68. The summed E-state index contributed by atoms with van der Waals surface area (Å²) in [5.41, 5.74) is 0. The van der Waals surface area contributed by atoms with E-state index in [1.165, 1.54) is 11.3 Å². The van der Waals surface area contributed by atoms with Crippen LogP contribution in [0.15, 0.2) is 37.6 Å². The third kappa shape index (κ3) is 3.44. The summed E-state index contributed by atoms with van der Waals surface area (Å²) in [7, 11) is -3.85. The van der Waals surface area contributed by atoms with E-state index in [1.807, 2.05) is 5.38 Å². The van der Waals surface area contributed by atoms with Crippen LogP contribution in [0, 0.1) is 0 Å². The second-order valence-electron chi connectivity index (χ2n) is 3.48. The highest BCUT2D eigenvalue weighted by atomic mass is 79.9. The third-order valence-corrected chi connectivity index (χ3v) is 5.09. The molecular weight excluding hydrogens is 358 g/mol. The van der Waals surface area contributed by atoms with E-state index in [-0.39, 0.29) is 6.54 Å². The van der Waals surface area contributed by atoms with Crippen LogP contribution in [0.2, 0.25) is 0 Å². The number of hydrogen-bond acceptors (Lipinski definition) is 5. The molecule has 0 atom stereocenters. The number of rotatable bonds is 5. The van der Waals surface area contributed by atoms with E-state index in [2.05, 4.69) is 20.7 Å². The first-order chi connectivity index (χ1) is 8.88. The van der Waals surface area contributed by atoms with Crippen LogP contribution in [0.5, 0.6) is 0 Å². The van der Waals surface area contributed by atoms with Crippen LogP contribution >= 0.6 is 27.3 Å². The first-order valence-electron chi connectivity index (χ1n) is 4.94. The van der Waals surface area contributed by atoms with Gasteiger partial charge >= 0.3 is 5.97 Å². The molecule has 2 aromatic heterocycles. The molecule has 6 nitrogen and oxygen atoms in total. The molecule has 0 amide bonds. The molecule has 0 aliphatic heterocycles. The van der Waals surface area contributed by atoms with Gasteiger partial charge in [0.25, 0.3) is 10.0 Å². The number of halogens is 1. The number of furan rings is 1. The van der Waals surface area contributed by atoms with Crippen LogP contribution in [0.25, 0.3) is 0 Å². The Hall–Kier alpha value is -1.16. The molecule has 0 saturated heterocycles. The van der Waals surface area contributed by atoms with E-state index < -0.39 is 26.8 Å². The van der Waals surface area contributed by atoms with E-state index in [1.54, 1.807) is 6.07 Å². The van der Waals surface area contributed by atoms with Gasteiger partial charge in [0.05, 0.1) is 0 Å². The van der Waals surface area contributed by atoms with Crippen molar-refractivity contribution in [2.45, 2.75) is 11.6 Å². The molecule has 2 aromatic rings. The first-order valence-corrected chi connectivity index (χ1v) is 8.10. The molecule has 19 heavy (non-hydrogen) atoms. The normalized spacial score (nSPS) is 11.6. The first kappa shape index (κ1) is 14.3. The lowest BCUT2D eigenvalue weighted by Gasteiger charge is -2.01. The molecule has 0 bridgehead atoms. The van der Waals surface area contributed by atoms with Crippen molar-refractivity contribution in [1.82, 2.24) is 4.72 Å². The quantitative estimate of drug-likeness (QED) is 0.846. The van der Waals surface area contributed by atoms with Crippen molar-refractivity contribution in [3.8, 4) is 0 Å². The molecule has 0 aliphatic carbocycles. The number of aromatic carboxylic acids is 1. The van der Waals surface area contributed by atoms with Crippen LogP contribution in [0.4, 0.5) is 0 Å². The summed E-state index contributed by atoms with van der Waals surface area (Å²) in [5, 5.41) is 10.1. The highest BCUT2D eigenvalue weighted by Gasteiger charge is 2.20. The Morgan fingerprint density at radius 2 is 2.21 bits per heavy atom. The highest BCUT2D eigenvalue weighted by Crippen LogP contribution is 2.20. The summed E-state index contributed by atoms with van der Waals surface area (Å²) < 4.78 is 31.6. The van der Waals surface area contributed by atoms with Crippen LogP contribution in [0.1, 0.15) is 15.4 Å². The van der Waals surface area contributed by atoms with Crippen molar-refractivity contribution in [3.63, 3.8) is 0 Å². The van der Waals surface area contributed by atoms with Crippen molar-refractivity contribution in [1.29, 1.82) is 0 Å². The van der Waals surface area contributed by atoms with Crippen LogP contribution in [0.3, 0.4) is 0 Å². The second-order valence-corrected chi connectivity index (χ2v) is 7.09. The maximum Gasteiger partial charge on any atom is 0.371 e. The largest absolute Gasteiger partial charge is 0.475 e. The SMILES string of the molecule is O=C(O)c1ccc(S(=O)(=O)NCc2cc(Br)cs2)o1. The summed E-state index contributed by atoms with van der Waals surface area (Å²) in [4.78, 5) is 11.4. The molecule has 0 unspecified atom stereocenters. The number of thiophene rings is 1. The van der Waals surface area contributed by atoms with E-state index in [0.717, 1.165) is 21.5 Å². The predicted octanol–water partition coefficient (Wildman–Crippen LogP) is 2.28. The molecule has 0 aliphatic rings. The number of hydrogen-bond donors (Lipinski definition) is 2. The Labute approximate surface area is 121 Å². The Balaban J connectivity index is 2.11. The van der Waals surface area contributed by atoms with Crippen LogP contribution in [-0.2, 0) is 16.6 Å². The molecule has 102 valence electrons. The molecule has 0 saturated carbocycles. The average molecular weight is 366 g/mol. The summed E-state index contributed by atoms with van der Waals surface area (Å²) >= 11 is 4.66. The van der Waals surface area contributed by atoms with Crippen molar-refractivity contribution >= 4 is 43.3 Å². The van der Waals surface area contributed by atoms with Gasteiger partial charge in [0.1, 0.15) is 0 Å². The smallest absolute Gasteiger partial charge is 0.371 e. The Morgan fingerprint density at radius 1 is 1.47 bits per heavy atom. The van der Waals surface area contributed by atoms with Gasteiger partial charge in [0, 0.05) is 21.3 Å². The van der Waals surface area contributed by atoms with E-state index >= 15 is 0 Å². The lowest BCUT2D eigenvalue weighted by atomic mass is 10.5. The van der Waals surface area contributed by atoms with Gasteiger partial charge in [0.2, 0.25) is 10.9 Å². The zero-order valence-electron chi connectivity index (χ0n) is 9.29. The minimum Gasteiger partial charge on any atom is -0.475 e. The van der Waals surface area contributed by atoms with E-state index in [0.29, 0.717) is 0 Å². The summed E-state index contributed by atoms with van der Waals surface area (Å²) in [5.74, 6) is -1.73. The Kier molecular flexibility index (Phi) is 4.09. The molecule has 0 fully saturated rings. The fraction of sp³-hybridized carbons (Fsp3) is 0.100. The second kappa shape index (κ2) is 5.45. The van der Waals surface area contributed by atoms with E-state index in [9.17, 15) is 13.2 Å². The number of carboxylic acid groups (broad SMARTS) is 1. The zero-order valence-corrected chi connectivity index (χ0v) is 12.5. The summed E-state index contributed by atoms with van der Waals surface area (Å²) in [6.45, 7) is 0.113. The lowest BCUT2D eigenvalue weighted by Crippen LogP contribution is -2.22. The Bertz CT molecular complexity index is 703. The molecule has 0 aromatic carbocycles. The summed E-state index contributed by atoms with van der Waals surface area (Å²) in [6.07, 6.45) is 0. The molecule has 2 N–H and O–H groups in total. The predicted molar refractivity (Wildman–Crippen MR) is 71.7 cm³/mol. The summed E-state index contributed by atoms with van der Waals surface area (Å²) in [6, 6.07) is 3.99. The van der Waals surface area contributed by atoms with Crippen molar-refractivity contribution in [3.05, 3.63) is 38.7 Å². The van der Waals surface area contributed by atoms with Gasteiger partial charge in [0.15, 0.2) is 0 Å². The maximum absolute atomic E-state index is 11.8. The van der Waals surface area contributed by atoms with Crippen molar-refractivity contribution in [2.24, 2.45) is 0 Å². The van der Waals surface area contributed by atoms with E-state index in [4.69, 9.17) is 9.52 Å². The minimum absolute atomic E-state index is 0.113. The van der Waals surface area contributed by atoms with Gasteiger partial charge in [-0.3, -0.25) is 0 Å². The van der Waals surface area contributed by atoms with Gasteiger partial charge in [-0.05, 0) is 34.1 Å². The average Bonchev–Trinajstić information content (AvgIpc) is 2.95. The zero-order chi connectivity index (χ0) is 14.0. The topological polar surface area (TPSA) is 96.6 Å². The molecule has 0 radical (unpaired) electrons. The molecule has 2 heterocycles. The number of nitrogens with one attached hydrogen (secondary N) is 1. The fourth-order valence-electron chi connectivity index (χ4n) is 1.26. The molecule has 9 heteroatoms.